The molecule has 26 heavy (non-hydrogen) atoms. The van der Waals surface area contributed by atoms with Crippen molar-refractivity contribution in [2.75, 3.05) is 20.8 Å². The smallest absolute Gasteiger partial charge is 0.251 e. The Morgan fingerprint density at radius 1 is 1.08 bits per heavy atom. The number of ether oxygens (including phenoxy) is 2. The Hall–Kier alpha value is -2.61. The summed E-state index contributed by atoms with van der Waals surface area (Å²) in [5.41, 5.74) is 1.35. The van der Waals surface area contributed by atoms with Crippen LogP contribution >= 0.6 is 15.9 Å². The number of carbonyl (C=O) groups excluding carboxylic acids is 2. The zero-order valence-electron chi connectivity index (χ0n) is 14.5. The second-order valence-electron chi connectivity index (χ2n) is 5.33. The van der Waals surface area contributed by atoms with Gasteiger partial charge in [-0.1, -0.05) is 0 Å². The zero-order chi connectivity index (χ0) is 18.9. The van der Waals surface area contributed by atoms with Crippen molar-refractivity contribution in [2.24, 2.45) is 0 Å². The minimum Gasteiger partial charge on any atom is -0.495 e. The second-order valence-corrected chi connectivity index (χ2v) is 6.13. The van der Waals surface area contributed by atoms with Gasteiger partial charge >= 0.3 is 0 Å². The van der Waals surface area contributed by atoms with Crippen molar-refractivity contribution < 1.29 is 19.1 Å². The number of carbonyl (C=O) groups is 2. The minimum atomic E-state index is -0.309. The van der Waals surface area contributed by atoms with E-state index in [-0.39, 0.29) is 24.8 Å². The van der Waals surface area contributed by atoms with Crippen LogP contribution in [-0.2, 0) is 11.3 Å². The van der Waals surface area contributed by atoms with Crippen molar-refractivity contribution in [1.29, 1.82) is 0 Å². The molecule has 0 saturated carbocycles. The number of amides is 2. The first-order valence-corrected chi connectivity index (χ1v) is 8.69. The summed E-state index contributed by atoms with van der Waals surface area (Å²) in [6.45, 7) is 0.651. The van der Waals surface area contributed by atoms with Crippen molar-refractivity contribution in [3.63, 3.8) is 0 Å². The van der Waals surface area contributed by atoms with Crippen molar-refractivity contribution in [3.8, 4) is 11.5 Å². The van der Waals surface area contributed by atoms with Gasteiger partial charge in [0.1, 0.15) is 16.0 Å². The average Bonchev–Trinajstić information content (AvgIpc) is 2.67. The number of methoxy groups -OCH3 is 2. The lowest BCUT2D eigenvalue weighted by molar-refractivity contribution is -0.121. The molecule has 2 N–H and O–H groups in total. The van der Waals surface area contributed by atoms with E-state index in [1.165, 1.54) is 14.2 Å². The molecule has 0 bridgehead atoms. The van der Waals surface area contributed by atoms with E-state index in [0.717, 1.165) is 5.56 Å². The highest BCUT2D eigenvalue weighted by Crippen LogP contribution is 2.35. The highest BCUT2D eigenvalue weighted by Gasteiger charge is 2.14. The molecule has 0 aliphatic rings. The summed E-state index contributed by atoms with van der Waals surface area (Å²) >= 11 is 3.35. The van der Waals surface area contributed by atoms with Gasteiger partial charge in [-0.3, -0.25) is 14.6 Å². The number of pyridine rings is 1. The number of nitrogens with zero attached hydrogens (tertiary/aromatic N) is 1. The molecule has 1 heterocycles. The molecule has 0 aliphatic carbocycles. The van der Waals surface area contributed by atoms with Gasteiger partial charge < -0.3 is 20.1 Å². The lowest BCUT2D eigenvalue weighted by Crippen LogP contribution is -2.30. The summed E-state index contributed by atoms with van der Waals surface area (Å²) in [7, 11) is 3.02. The van der Waals surface area contributed by atoms with Crippen molar-refractivity contribution >= 4 is 27.7 Å². The summed E-state index contributed by atoms with van der Waals surface area (Å²) in [4.78, 5) is 28.1. The van der Waals surface area contributed by atoms with Crippen LogP contribution < -0.4 is 20.1 Å². The van der Waals surface area contributed by atoms with Gasteiger partial charge in [0.2, 0.25) is 5.91 Å². The first-order valence-electron chi connectivity index (χ1n) is 7.90. The van der Waals surface area contributed by atoms with Crippen LogP contribution in [0, 0.1) is 0 Å². The first kappa shape index (κ1) is 19.7. The fourth-order valence-electron chi connectivity index (χ4n) is 2.18. The Morgan fingerprint density at radius 2 is 1.69 bits per heavy atom. The molecule has 8 heteroatoms. The Bertz CT molecular complexity index is 743. The van der Waals surface area contributed by atoms with E-state index in [2.05, 4.69) is 31.5 Å². The van der Waals surface area contributed by atoms with E-state index >= 15 is 0 Å². The van der Waals surface area contributed by atoms with Crippen LogP contribution in [0.5, 0.6) is 11.5 Å². The third-order valence-electron chi connectivity index (χ3n) is 3.58. The standard InChI is InChI=1S/C18H20BrN3O4/c1-25-14-9-13(10-15(26-2)17(14)19)18(24)21-8-5-16(23)22-11-12-3-6-20-7-4-12/h3-4,6-7,9-10H,5,8,11H2,1-2H3,(H,21,24)(H,22,23). The summed E-state index contributed by atoms with van der Waals surface area (Å²) in [6.07, 6.45) is 3.52. The predicted molar refractivity (Wildman–Crippen MR) is 100 cm³/mol. The van der Waals surface area contributed by atoms with Crippen LogP contribution in [0.3, 0.4) is 0 Å². The molecule has 7 nitrogen and oxygen atoms in total. The Morgan fingerprint density at radius 3 is 2.27 bits per heavy atom. The normalized spacial score (nSPS) is 10.1. The number of hydrogen-bond donors (Lipinski definition) is 2. The average molecular weight is 422 g/mol. The molecule has 0 unspecified atom stereocenters. The minimum absolute atomic E-state index is 0.145. The van der Waals surface area contributed by atoms with Crippen LogP contribution in [0.4, 0.5) is 0 Å². The monoisotopic (exact) mass is 421 g/mol. The summed E-state index contributed by atoms with van der Waals surface area (Å²) in [5.74, 6) is 0.526. The van der Waals surface area contributed by atoms with Crippen LogP contribution in [0.2, 0.25) is 0 Å². The van der Waals surface area contributed by atoms with Gasteiger partial charge in [-0.15, -0.1) is 0 Å². The summed E-state index contributed by atoms with van der Waals surface area (Å²) < 4.78 is 11.1. The lowest BCUT2D eigenvalue weighted by Gasteiger charge is -2.12. The zero-order valence-corrected chi connectivity index (χ0v) is 16.1. The topological polar surface area (TPSA) is 89.5 Å². The number of benzene rings is 1. The van der Waals surface area contributed by atoms with Crippen LogP contribution in [0.15, 0.2) is 41.1 Å². The highest BCUT2D eigenvalue weighted by atomic mass is 79.9. The Kier molecular flexibility index (Phi) is 7.40. The summed E-state index contributed by atoms with van der Waals surface area (Å²) in [6, 6.07) is 6.86. The van der Waals surface area contributed by atoms with E-state index in [4.69, 9.17) is 9.47 Å². The molecule has 2 amide bonds. The number of halogens is 1. The lowest BCUT2D eigenvalue weighted by atomic mass is 10.2. The maximum atomic E-state index is 12.3. The maximum absolute atomic E-state index is 12.3. The quantitative estimate of drug-likeness (QED) is 0.682. The van der Waals surface area contributed by atoms with Crippen LogP contribution in [-0.4, -0.2) is 37.6 Å². The molecule has 0 fully saturated rings. The molecular formula is C18H20BrN3O4. The molecule has 0 spiro atoms. The number of nitrogens with one attached hydrogen (secondary N) is 2. The van der Waals surface area contributed by atoms with Crippen molar-refractivity contribution in [3.05, 3.63) is 52.3 Å². The summed E-state index contributed by atoms with van der Waals surface area (Å²) in [5, 5.41) is 5.51. The Balaban J connectivity index is 1.84. The molecule has 2 aromatic rings. The second kappa shape index (κ2) is 9.76. The molecular weight excluding hydrogens is 402 g/mol. The largest absolute Gasteiger partial charge is 0.495 e. The van der Waals surface area contributed by atoms with E-state index in [1.54, 1.807) is 24.5 Å². The van der Waals surface area contributed by atoms with Gasteiger partial charge in [-0.05, 0) is 45.8 Å². The number of hydrogen-bond acceptors (Lipinski definition) is 5. The van der Waals surface area contributed by atoms with Crippen LogP contribution in [0.25, 0.3) is 0 Å². The first-order chi connectivity index (χ1) is 12.5. The molecule has 0 atom stereocenters. The molecule has 2 rings (SSSR count). The van der Waals surface area contributed by atoms with Crippen molar-refractivity contribution in [1.82, 2.24) is 15.6 Å². The van der Waals surface area contributed by atoms with E-state index in [0.29, 0.717) is 28.1 Å². The molecule has 1 aromatic heterocycles. The van der Waals surface area contributed by atoms with Gasteiger partial charge in [0.05, 0.1) is 14.2 Å². The predicted octanol–water partition coefficient (Wildman–Crippen LogP) is 2.30. The SMILES string of the molecule is COc1cc(C(=O)NCCC(=O)NCc2ccncc2)cc(OC)c1Br. The van der Waals surface area contributed by atoms with E-state index < -0.39 is 0 Å². The fraction of sp³-hybridized carbons (Fsp3) is 0.278. The molecule has 138 valence electrons. The molecule has 0 radical (unpaired) electrons. The van der Waals surface area contributed by atoms with Gasteiger partial charge in [-0.2, -0.15) is 0 Å². The van der Waals surface area contributed by atoms with E-state index in [9.17, 15) is 9.59 Å². The molecule has 0 aliphatic heterocycles. The Labute approximate surface area is 160 Å². The molecule has 1 aromatic carbocycles. The maximum Gasteiger partial charge on any atom is 0.251 e. The molecule has 0 saturated heterocycles. The fourth-order valence-corrected chi connectivity index (χ4v) is 2.73. The van der Waals surface area contributed by atoms with E-state index in [1.807, 2.05) is 12.1 Å². The third kappa shape index (κ3) is 5.45. The third-order valence-corrected chi connectivity index (χ3v) is 4.37. The highest BCUT2D eigenvalue weighted by molar-refractivity contribution is 9.10. The van der Waals surface area contributed by atoms with Crippen molar-refractivity contribution in [2.45, 2.75) is 13.0 Å². The van der Waals surface area contributed by atoms with Gasteiger partial charge in [-0.25, -0.2) is 0 Å². The number of aromatic nitrogens is 1. The van der Waals surface area contributed by atoms with Gasteiger partial charge in [0.25, 0.3) is 5.91 Å². The van der Waals surface area contributed by atoms with Crippen LogP contribution in [0.1, 0.15) is 22.3 Å². The number of rotatable bonds is 8. The van der Waals surface area contributed by atoms with Gasteiger partial charge in [0, 0.05) is 37.5 Å². The van der Waals surface area contributed by atoms with Gasteiger partial charge in [0.15, 0.2) is 0 Å².